The average molecular weight is 371 g/mol. The van der Waals surface area contributed by atoms with E-state index in [1.54, 1.807) is 49.5 Å². The van der Waals surface area contributed by atoms with E-state index in [2.05, 4.69) is 0 Å². The summed E-state index contributed by atoms with van der Waals surface area (Å²) in [5, 5.41) is 8.92. The number of amides is 1. The fraction of sp³-hybridized carbons (Fsp3) is 0.300. The van der Waals surface area contributed by atoms with Crippen molar-refractivity contribution in [3.05, 3.63) is 48.0 Å². The summed E-state index contributed by atoms with van der Waals surface area (Å²) in [4.78, 5) is 25.1. The van der Waals surface area contributed by atoms with Gasteiger partial charge in [-0.15, -0.1) is 0 Å². The van der Waals surface area contributed by atoms with E-state index in [4.69, 9.17) is 19.3 Å². The number of anilines is 1. The minimum atomic E-state index is -0.981. The molecule has 1 atom stereocenters. The molecule has 1 heterocycles. The number of nitrogens with zero attached hydrogens (tertiary/aromatic N) is 1. The Bertz CT molecular complexity index is 833. The van der Waals surface area contributed by atoms with Crippen LogP contribution in [0, 0.1) is 5.92 Å². The lowest BCUT2D eigenvalue weighted by Gasteiger charge is -2.20. The topological polar surface area (TPSA) is 85.3 Å². The number of carbonyl (C=O) groups excluding carboxylic acids is 1. The first-order valence-electron chi connectivity index (χ1n) is 8.50. The molecule has 0 bridgehead atoms. The standard InChI is InChI=1S/C20H21NO6/c1-25-16-7-8-18(26-2)17(10-16)21-11-13(9-19(21)22)12-27-15-5-3-14(4-6-15)20(23)24/h3-8,10,13H,9,11-12H2,1-2H3,(H,23,24). The van der Waals surface area contributed by atoms with Crippen molar-refractivity contribution >= 4 is 17.6 Å². The second kappa shape index (κ2) is 7.99. The Morgan fingerprint density at radius 2 is 1.81 bits per heavy atom. The van der Waals surface area contributed by atoms with Crippen LogP contribution in [0.2, 0.25) is 0 Å². The van der Waals surface area contributed by atoms with Gasteiger partial charge in [0.15, 0.2) is 0 Å². The zero-order chi connectivity index (χ0) is 19.4. The number of hydrogen-bond acceptors (Lipinski definition) is 5. The number of ether oxygens (including phenoxy) is 3. The zero-order valence-corrected chi connectivity index (χ0v) is 15.2. The van der Waals surface area contributed by atoms with Crippen molar-refractivity contribution in [2.24, 2.45) is 5.92 Å². The lowest BCUT2D eigenvalue weighted by molar-refractivity contribution is -0.117. The molecule has 1 unspecified atom stereocenters. The Hall–Kier alpha value is -3.22. The van der Waals surface area contributed by atoms with E-state index in [-0.39, 0.29) is 17.4 Å². The number of aromatic carboxylic acids is 1. The number of carboxylic acid groups (broad SMARTS) is 1. The van der Waals surface area contributed by atoms with E-state index in [9.17, 15) is 9.59 Å². The highest BCUT2D eigenvalue weighted by atomic mass is 16.5. The van der Waals surface area contributed by atoms with Crippen molar-refractivity contribution < 1.29 is 28.9 Å². The molecule has 1 aliphatic heterocycles. The predicted molar refractivity (Wildman–Crippen MR) is 98.9 cm³/mol. The molecular formula is C20H21NO6. The molecule has 2 aromatic rings. The molecule has 0 spiro atoms. The molecule has 1 N–H and O–H groups in total. The summed E-state index contributed by atoms with van der Waals surface area (Å²) in [7, 11) is 3.14. The maximum Gasteiger partial charge on any atom is 0.335 e. The Balaban J connectivity index is 1.66. The van der Waals surface area contributed by atoms with Gasteiger partial charge in [0, 0.05) is 24.9 Å². The van der Waals surface area contributed by atoms with E-state index < -0.39 is 5.97 Å². The first-order valence-corrected chi connectivity index (χ1v) is 8.50. The quantitative estimate of drug-likeness (QED) is 0.806. The van der Waals surface area contributed by atoms with Gasteiger partial charge in [0.1, 0.15) is 17.2 Å². The van der Waals surface area contributed by atoms with Crippen LogP contribution in [0.3, 0.4) is 0 Å². The lowest BCUT2D eigenvalue weighted by atomic mass is 10.1. The first-order chi connectivity index (χ1) is 13.0. The van der Waals surface area contributed by atoms with Crippen LogP contribution < -0.4 is 19.1 Å². The van der Waals surface area contributed by atoms with Gasteiger partial charge < -0.3 is 24.2 Å². The Kier molecular flexibility index (Phi) is 5.49. The van der Waals surface area contributed by atoms with Gasteiger partial charge in [0.05, 0.1) is 32.1 Å². The second-order valence-corrected chi connectivity index (χ2v) is 6.25. The minimum Gasteiger partial charge on any atom is -0.497 e. The average Bonchev–Trinajstić information content (AvgIpc) is 3.06. The number of methoxy groups -OCH3 is 2. The van der Waals surface area contributed by atoms with Crippen LogP contribution in [-0.2, 0) is 4.79 Å². The summed E-state index contributed by atoms with van der Waals surface area (Å²) in [5.41, 5.74) is 0.879. The van der Waals surface area contributed by atoms with Crippen molar-refractivity contribution in [2.75, 3.05) is 32.3 Å². The third-order valence-corrected chi connectivity index (χ3v) is 4.47. The predicted octanol–water partition coefficient (Wildman–Crippen LogP) is 2.83. The molecule has 2 aromatic carbocycles. The van der Waals surface area contributed by atoms with E-state index in [0.717, 1.165) is 0 Å². The van der Waals surface area contributed by atoms with Crippen LogP contribution in [0.25, 0.3) is 0 Å². The van der Waals surface area contributed by atoms with Gasteiger partial charge in [-0.25, -0.2) is 4.79 Å². The van der Waals surface area contributed by atoms with Crippen molar-refractivity contribution in [3.63, 3.8) is 0 Å². The summed E-state index contributed by atoms with van der Waals surface area (Å²) in [6, 6.07) is 11.5. The first kappa shape index (κ1) is 18.6. The molecule has 1 fully saturated rings. The van der Waals surface area contributed by atoms with Gasteiger partial charge in [-0.3, -0.25) is 4.79 Å². The smallest absolute Gasteiger partial charge is 0.335 e. The highest BCUT2D eigenvalue weighted by molar-refractivity contribution is 5.97. The monoisotopic (exact) mass is 371 g/mol. The number of benzene rings is 2. The number of carboxylic acids is 1. The van der Waals surface area contributed by atoms with Crippen molar-refractivity contribution in [3.8, 4) is 17.2 Å². The van der Waals surface area contributed by atoms with Gasteiger partial charge >= 0.3 is 5.97 Å². The molecule has 142 valence electrons. The summed E-state index contributed by atoms with van der Waals surface area (Å²) < 4.78 is 16.4. The molecule has 0 saturated carbocycles. The van der Waals surface area contributed by atoms with E-state index in [0.29, 0.717) is 42.5 Å². The van der Waals surface area contributed by atoms with Gasteiger partial charge in [-0.2, -0.15) is 0 Å². The fourth-order valence-electron chi connectivity index (χ4n) is 3.04. The minimum absolute atomic E-state index is 0.00335. The van der Waals surface area contributed by atoms with Gasteiger partial charge in [-0.05, 0) is 36.4 Å². The maximum atomic E-state index is 12.5. The molecule has 1 saturated heterocycles. The van der Waals surface area contributed by atoms with E-state index in [1.165, 1.54) is 12.1 Å². The van der Waals surface area contributed by atoms with Crippen LogP contribution >= 0.6 is 0 Å². The summed E-state index contributed by atoms with van der Waals surface area (Å²) in [6.07, 6.45) is 0.369. The molecule has 0 aliphatic carbocycles. The van der Waals surface area contributed by atoms with Crippen molar-refractivity contribution in [1.29, 1.82) is 0 Å². The van der Waals surface area contributed by atoms with Gasteiger partial charge in [-0.1, -0.05) is 0 Å². The van der Waals surface area contributed by atoms with Crippen LogP contribution in [0.4, 0.5) is 5.69 Å². The molecular weight excluding hydrogens is 350 g/mol. The molecule has 0 radical (unpaired) electrons. The van der Waals surface area contributed by atoms with Crippen molar-refractivity contribution in [1.82, 2.24) is 0 Å². The Morgan fingerprint density at radius 3 is 2.44 bits per heavy atom. The molecule has 1 amide bonds. The third-order valence-electron chi connectivity index (χ3n) is 4.47. The van der Waals surface area contributed by atoms with Crippen LogP contribution in [-0.4, -0.2) is 44.4 Å². The third kappa shape index (κ3) is 4.13. The van der Waals surface area contributed by atoms with Crippen LogP contribution in [0.1, 0.15) is 16.8 Å². The molecule has 1 aliphatic rings. The zero-order valence-electron chi connectivity index (χ0n) is 15.2. The van der Waals surface area contributed by atoms with Gasteiger partial charge in [0.25, 0.3) is 0 Å². The number of carbonyl (C=O) groups is 2. The fourth-order valence-corrected chi connectivity index (χ4v) is 3.04. The Labute approximate surface area is 157 Å². The van der Waals surface area contributed by atoms with Crippen LogP contribution in [0.15, 0.2) is 42.5 Å². The maximum absolute atomic E-state index is 12.5. The lowest BCUT2D eigenvalue weighted by Crippen LogP contribution is -2.25. The van der Waals surface area contributed by atoms with E-state index in [1.807, 2.05) is 0 Å². The number of rotatable bonds is 7. The molecule has 7 heteroatoms. The van der Waals surface area contributed by atoms with Crippen LogP contribution in [0.5, 0.6) is 17.2 Å². The summed E-state index contributed by atoms with van der Waals surface area (Å²) in [6.45, 7) is 0.872. The molecule has 27 heavy (non-hydrogen) atoms. The molecule has 0 aromatic heterocycles. The number of hydrogen-bond donors (Lipinski definition) is 1. The molecule has 3 rings (SSSR count). The largest absolute Gasteiger partial charge is 0.497 e. The highest BCUT2D eigenvalue weighted by Crippen LogP contribution is 2.36. The SMILES string of the molecule is COc1ccc(OC)c(N2CC(COc3ccc(C(=O)O)cc3)CC2=O)c1. The normalized spacial score (nSPS) is 16.3. The van der Waals surface area contributed by atoms with Gasteiger partial charge in [0.2, 0.25) is 5.91 Å². The van der Waals surface area contributed by atoms with E-state index >= 15 is 0 Å². The second-order valence-electron chi connectivity index (χ2n) is 6.25. The summed E-state index contributed by atoms with van der Waals surface area (Å²) in [5.74, 6) is 0.867. The Morgan fingerprint density at radius 1 is 1.11 bits per heavy atom. The summed E-state index contributed by atoms with van der Waals surface area (Å²) >= 11 is 0. The molecule has 7 nitrogen and oxygen atoms in total. The highest BCUT2D eigenvalue weighted by Gasteiger charge is 2.33. The van der Waals surface area contributed by atoms with Crippen molar-refractivity contribution in [2.45, 2.75) is 6.42 Å².